The average molecular weight is 475 g/mol. The number of hydrogen-bond donors (Lipinski definition) is 1. The van der Waals surface area contributed by atoms with Crippen LogP contribution in [-0.2, 0) is 29.5 Å². The quantitative estimate of drug-likeness (QED) is 0.580. The van der Waals surface area contributed by atoms with E-state index >= 15 is 0 Å². The molecule has 1 N–H and O–H groups in total. The highest BCUT2D eigenvalue weighted by Crippen LogP contribution is 2.17. The minimum atomic E-state index is -0.311. The fourth-order valence-electron chi connectivity index (χ4n) is 3.47. The molecule has 0 bridgehead atoms. The molecule has 0 unspecified atom stereocenters. The second-order valence-corrected chi connectivity index (χ2v) is 7.99. The first-order chi connectivity index (χ1) is 14.5. The van der Waals surface area contributed by atoms with Gasteiger partial charge in [0.05, 0.1) is 13.2 Å². The van der Waals surface area contributed by atoms with Crippen LogP contribution in [0.4, 0.5) is 5.69 Å². The Bertz CT molecular complexity index is 1100. The summed E-state index contributed by atoms with van der Waals surface area (Å²) in [4.78, 5) is 31.7. The third-order valence-corrected chi connectivity index (χ3v) is 5.70. The molecule has 1 aliphatic rings. The smallest absolute Gasteiger partial charge is 0.266 e. The molecule has 10 heteroatoms. The summed E-state index contributed by atoms with van der Waals surface area (Å²) in [6.45, 7) is 4.43. The number of amides is 1. The molecule has 1 amide bonds. The molecule has 1 fully saturated rings. The SMILES string of the molecule is Cn1nc(Br)c2c(=O)n(CC(=O)Nc3ccc(CCN4CCOCC4)cc3)cnc21. The number of hydrogen-bond acceptors (Lipinski definition) is 6. The number of halogens is 1. The summed E-state index contributed by atoms with van der Waals surface area (Å²) in [5.74, 6) is -0.292. The normalized spacial score (nSPS) is 14.9. The van der Waals surface area contributed by atoms with Gasteiger partial charge in [-0.3, -0.25) is 19.1 Å². The van der Waals surface area contributed by atoms with Gasteiger partial charge in [0, 0.05) is 32.4 Å². The number of anilines is 1. The first kappa shape index (κ1) is 20.7. The molecule has 158 valence electrons. The van der Waals surface area contributed by atoms with Crippen LogP contribution >= 0.6 is 15.9 Å². The molecule has 30 heavy (non-hydrogen) atoms. The Balaban J connectivity index is 1.36. The lowest BCUT2D eigenvalue weighted by atomic mass is 10.1. The van der Waals surface area contributed by atoms with Crippen molar-refractivity contribution in [2.45, 2.75) is 13.0 Å². The van der Waals surface area contributed by atoms with Crippen molar-refractivity contribution in [2.75, 3.05) is 38.2 Å². The third-order valence-electron chi connectivity index (χ3n) is 5.14. The number of morpholine rings is 1. The maximum Gasteiger partial charge on any atom is 0.266 e. The monoisotopic (exact) mass is 474 g/mol. The minimum absolute atomic E-state index is 0.123. The molecule has 4 rings (SSSR count). The summed E-state index contributed by atoms with van der Waals surface area (Å²) in [7, 11) is 1.71. The lowest BCUT2D eigenvalue weighted by Crippen LogP contribution is -2.37. The van der Waals surface area contributed by atoms with E-state index in [1.165, 1.54) is 21.1 Å². The highest BCUT2D eigenvalue weighted by atomic mass is 79.9. The van der Waals surface area contributed by atoms with Gasteiger partial charge in [0.15, 0.2) is 5.65 Å². The number of rotatable bonds is 6. The van der Waals surface area contributed by atoms with Crippen LogP contribution < -0.4 is 10.9 Å². The van der Waals surface area contributed by atoms with Gasteiger partial charge >= 0.3 is 0 Å². The molecule has 0 atom stereocenters. The van der Waals surface area contributed by atoms with Gasteiger partial charge in [0.25, 0.3) is 5.56 Å². The molecule has 2 aromatic heterocycles. The molecule has 3 heterocycles. The van der Waals surface area contributed by atoms with E-state index in [1.807, 2.05) is 24.3 Å². The maximum absolute atomic E-state index is 12.6. The van der Waals surface area contributed by atoms with Gasteiger partial charge in [0.1, 0.15) is 22.9 Å². The van der Waals surface area contributed by atoms with Gasteiger partial charge < -0.3 is 10.1 Å². The number of carbonyl (C=O) groups is 1. The predicted octanol–water partition coefficient (Wildman–Crippen LogP) is 1.41. The Morgan fingerprint density at radius 2 is 1.97 bits per heavy atom. The van der Waals surface area contributed by atoms with Crippen LogP contribution in [0, 0.1) is 0 Å². The zero-order valence-electron chi connectivity index (χ0n) is 16.7. The number of aromatic nitrogens is 4. The molecule has 9 nitrogen and oxygen atoms in total. The fourth-order valence-corrected chi connectivity index (χ4v) is 4.05. The largest absolute Gasteiger partial charge is 0.379 e. The Hall–Kier alpha value is -2.56. The molecule has 0 aliphatic carbocycles. The van der Waals surface area contributed by atoms with E-state index in [0.717, 1.165) is 39.3 Å². The summed E-state index contributed by atoms with van der Waals surface area (Å²) >= 11 is 3.27. The van der Waals surface area contributed by atoms with Gasteiger partial charge in [-0.2, -0.15) is 5.10 Å². The number of benzene rings is 1. The van der Waals surface area contributed by atoms with E-state index in [-0.39, 0.29) is 18.0 Å². The van der Waals surface area contributed by atoms with Crippen LogP contribution in [0.2, 0.25) is 0 Å². The molecule has 0 radical (unpaired) electrons. The standard InChI is InChI=1S/C20H23BrN6O3/c1-25-19-17(18(21)24-25)20(29)27(13-22-19)12-16(28)23-15-4-2-14(3-5-15)6-7-26-8-10-30-11-9-26/h2-5,13H,6-12H2,1H3,(H,23,28). The summed E-state index contributed by atoms with van der Waals surface area (Å²) in [5, 5.41) is 7.33. The summed E-state index contributed by atoms with van der Waals surface area (Å²) in [6, 6.07) is 7.80. The van der Waals surface area contributed by atoms with Gasteiger partial charge in [-0.1, -0.05) is 12.1 Å². The number of ether oxygens (including phenoxy) is 1. The van der Waals surface area contributed by atoms with E-state index in [1.54, 1.807) is 7.05 Å². The minimum Gasteiger partial charge on any atom is -0.379 e. The number of fused-ring (bicyclic) bond motifs is 1. The summed E-state index contributed by atoms with van der Waals surface area (Å²) < 4.78 is 8.58. The Kier molecular flexibility index (Phi) is 6.26. The zero-order valence-corrected chi connectivity index (χ0v) is 18.3. The van der Waals surface area contributed by atoms with E-state index < -0.39 is 0 Å². The molecule has 1 aromatic carbocycles. The van der Waals surface area contributed by atoms with Gasteiger partial charge in [0.2, 0.25) is 5.91 Å². The van der Waals surface area contributed by atoms with E-state index in [2.05, 4.69) is 36.2 Å². The summed E-state index contributed by atoms with van der Waals surface area (Å²) in [6.07, 6.45) is 2.32. The molecule has 1 saturated heterocycles. The van der Waals surface area contributed by atoms with Crippen LogP contribution in [0.5, 0.6) is 0 Å². The van der Waals surface area contributed by atoms with Crippen molar-refractivity contribution in [3.8, 4) is 0 Å². The summed E-state index contributed by atoms with van der Waals surface area (Å²) in [5.41, 5.74) is 2.07. The maximum atomic E-state index is 12.6. The van der Waals surface area contributed by atoms with Crippen molar-refractivity contribution in [2.24, 2.45) is 7.05 Å². The second kappa shape index (κ2) is 9.07. The van der Waals surface area contributed by atoms with E-state index in [0.29, 0.717) is 21.3 Å². The molecular formula is C20H23BrN6O3. The number of nitrogens with zero attached hydrogens (tertiary/aromatic N) is 5. The van der Waals surface area contributed by atoms with Gasteiger partial charge in [-0.15, -0.1) is 0 Å². The van der Waals surface area contributed by atoms with Crippen molar-refractivity contribution < 1.29 is 9.53 Å². The Morgan fingerprint density at radius 1 is 1.23 bits per heavy atom. The Labute approximate surface area is 181 Å². The molecular weight excluding hydrogens is 452 g/mol. The first-order valence-corrected chi connectivity index (χ1v) is 10.6. The number of aryl methyl sites for hydroxylation is 1. The van der Waals surface area contributed by atoms with E-state index in [4.69, 9.17) is 4.74 Å². The molecule has 0 spiro atoms. The lowest BCUT2D eigenvalue weighted by molar-refractivity contribution is -0.116. The molecule has 3 aromatic rings. The second-order valence-electron chi connectivity index (χ2n) is 7.24. The number of carbonyl (C=O) groups excluding carboxylic acids is 1. The van der Waals surface area contributed by atoms with Gasteiger partial charge in [-0.05, 0) is 40.0 Å². The van der Waals surface area contributed by atoms with Crippen LogP contribution in [0.15, 0.2) is 40.0 Å². The van der Waals surface area contributed by atoms with Crippen molar-refractivity contribution in [1.82, 2.24) is 24.2 Å². The van der Waals surface area contributed by atoms with Crippen LogP contribution in [0.1, 0.15) is 5.56 Å². The first-order valence-electron chi connectivity index (χ1n) is 9.78. The number of nitrogens with one attached hydrogen (secondary N) is 1. The zero-order chi connectivity index (χ0) is 21.1. The van der Waals surface area contributed by atoms with Crippen LogP contribution in [-0.4, -0.2) is 63.0 Å². The lowest BCUT2D eigenvalue weighted by Gasteiger charge is -2.26. The molecule has 1 aliphatic heterocycles. The molecule has 0 saturated carbocycles. The van der Waals surface area contributed by atoms with Crippen molar-refractivity contribution in [1.29, 1.82) is 0 Å². The predicted molar refractivity (Wildman–Crippen MR) is 117 cm³/mol. The van der Waals surface area contributed by atoms with Gasteiger partial charge in [-0.25, -0.2) is 9.67 Å². The van der Waals surface area contributed by atoms with Crippen LogP contribution in [0.25, 0.3) is 11.0 Å². The highest BCUT2D eigenvalue weighted by molar-refractivity contribution is 9.10. The van der Waals surface area contributed by atoms with Crippen LogP contribution in [0.3, 0.4) is 0 Å². The van der Waals surface area contributed by atoms with E-state index in [9.17, 15) is 9.59 Å². The third kappa shape index (κ3) is 4.61. The van der Waals surface area contributed by atoms with Crippen molar-refractivity contribution in [3.63, 3.8) is 0 Å². The Morgan fingerprint density at radius 3 is 2.70 bits per heavy atom. The topological polar surface area (TPSA) is 94.3 Å². The highest BCUT2D eigenvalue weighted by Gasteiger charge is 2.15. The van der Waals surface area contributed by atoms with Crippen molar-refractivity contribution in [3.05, 3.63) is 51.1 Å². The fraction of sp³-hybridized carbons (Fsp3) is 0.400. The average Bonchev–Trinajstić information content (AvgIpc) is 3.04. The van der Waals surface area contributed by atoms with Crippen molar-refractivity contribution >= 4 is 38.6 Å².